The van der Waals surface area contributed by atoms with Crippen LogP contribution in [-0.2, 0) is 15.1 Å². The molecule has 2 aromatic rings. The molecule has 0 aliphatic carbocycles. The van der Waals surface area contributed by atoms with Crippen LogP contribution in [0.4, 0.5) is 5.69 Å². The molecule has 0 saturated carbocycles. The fourth-order valence-corrected chi connectivity index (χ4v) is 2.59. The van der Waals surface area contributed by atoms with E-state index in [1.165, 1.54) is 30.9 Å². The van der Waals surface area contributed by atoms with E-state index in [0.717, 1.165) is 5.56 Å². The number of carboxylic acid groups (broad SMARTS) is 1. The average Bonchev–Trinajstić information content (AvgIpc) is 3.08. The van der Waals surface area contributed by atoms with Crippen molar-refractivity contribution in [2.75, 3.05) is 5.32 Å². The second-order valence-electron chi connectivity index (χ2n) is 7.54. The van der Waals surface area contributed by atoms with Gasteiger partial charge in [-0.15, -0.1) is 0 Å². The van der Waals surface area contributed by atoms with E-state index >= 15 is 0 Å². The molecule has 1 heterocycles. The number of amides is 2. The number of carbonyl (C=O) groups is 3. The fraction of sp³-hybridized carbons (Fsp3) is 0.400. The standard InChI is InChI=1S/C20H26N4O4/c1-12(2)16(23-17(25)15-9-7-6-8-13(15)3)18(26)22-14-10-21-24(11-14)20(4,5)19(27)28/h6-12,16H,1-5H3,(H,22,26)(H,23,25)(H,27,28). The maximum atomic E-state index is 12.7. The van der Waals surface area contributed by atoms with Crippen molar-refractivity contribution in [3.05, 3.63) is 47.8 Å². The number of hydrogen-bond acceptors (Lipinski definition) is 4. The van der Waals surface area contributed by atoms with E-state index in [4.69, 9.17) is 0 Å². The van der Waals surface area contributed by atoms with Crippen LogP contribution in [0.5, 0.6) is 0 Å². The first-order valence-electron chi connectivity index (χ1n) is 9.00. The van der Waals surface area contributed by atoms with Crippen LogP contribution < -0.4 is 10.6 Å². The quantitative estimate of drug-likeness (QED) is 0.676. The molecular formula is C20H26N4O4. The first kappa shape index (κ1) is 21.1. The Morgan fingerprint density at radius 1 is 1.18 bits per heavy atom. The Hall–Kier alpha value is -3.16. The van der Waals surface area contributed by atoms with Crippen molar-refractivity contribution in [2.24, 2.45) is 5.92 Å². The summed E-state index contributed by atoms with van der Waals surface area (Å²) in [4.78, 5) is 36.6. The largest absolute Gasteiger partial charge is 0.479 e. The predicted octanol–water partition coefficient (Wildman–Crippen LogP) is 2.40. The molecule has 1 atom stereocenters. The Kier molecular flexibility index (Phi) is 6.23. The number of nitrogens with zero attached hydrogens (tertiary/aromatic N) is 2. The van der Waals surface area contributed by atoms with Gasteiger partial charge in [0.05, 0.1) is 11.9 Å². The molecule has 0 fully saturated rings. The summed E-state index contributed by atoms with van der Waals surface area (Å²) >= 11 is 0. The van der Waals surface area contributed by atoms with E-state index in [-0.39, 0.29) is 11.8 Å². The first-order valence-corrected chi connectivity index (χ1v) is 9.00. The Balaban J connectivity index is 2.14. The summed E-state index contributed by atoms with van der Waals surface area (Å²) in [6, 6.07) is 6.39. The van der Waals surface area contributed by atoms with Gasteiger partial charge in [-0.1, -0.05) is 32.0 Å². The summed E-state index contributed by atoms with van der Waals surface area (Å²) in [6.45, 7) is 8.51. The number of aromatic nitrogens is 2. The zero-order chi connectivity index (χ0) is 21.1. The van der Waals surface area contributed by atoms with Gasteiger partial charge in [-0.05, 0) is 38.3 Å². The molecule has 1 aromatic heterocycles. The van der Waals surface area contributed by atoms with Crippen molar-refractivity contribution in [3.8, 4) is 0 Å². The zero-order valence-corrected chi connectivity index (χ0v) is 16.7. The lowest BCUT2D eigenvalue weighted by molar-refractivity contribution is -0.146. The van der Waals surface area contributed by atoms with Gasteiger partial charge in [0.15, 0.2) is 5.54 Å². The van der Waals surface area contributed by atoms with Crippen molar-refractivity contribution in [2.45, 2.75) is 46.2 Å². The van der Waals surface area contributed by atoms with Gasteiger partial charge in [0.25, 0.3) is 5.91 Å². The normalized spacial score (nSPS) is 12.5. The van der Waals surface area contributed by atoms with Crippen LogP contribution in [0.3, 0.4) is 0 Å². The maximum absolute atomic E-state index is 12.7. The summed E-state index contributed by atoms with van der Waals surface area (Å²) in [7, 11) is 0. The van der Waals surface area contributed by atoms with E-state index in [0.29, 0.717) is 11.3 Å². The van der Waals surface area contributed by atoms with E-state index in [9.17, 15) is 19.5 Å². The second kappa shape index (κ2) is 8.24. The highest BCUT2D eigenvalue weighted by atomic mass is 16.4. The van der Waals surface area contributed by atoms with Gasteiger partial charge >= 0.3 is 5.97 Å². The number of benzene rings is 1. The van der Waals surface area contributed by atoms with Gasteiger partial charge in [0.2, 0.25) is 5.91 Å². The number of nitrogens with one attached hydrogen (secondary N) is 2. The number of aryl methyl sites for hydroxylation is 1. The van der Waals surface area contributed by atoms with Crippen molar-refractivity contribution in [3.63, 3.8) is 0 Å². The van der Waals surface area contributed by atoms with E-state index in [2.05, 4.69) is 15.7 Å². The van der Waals surface area contributed by atoms with Crippen LogP contribution in [0.15, 0.2) is 36.7 Å². The predicted molar refractivity (Wildman–Crippen MR) is 105 cm³/mol. The number of anilines is 1. The van der Waals surface area contributed by atoms with Crippen LogP contribution >= 0.6 is 0 Å². The number of carboxylic acids is 1. The second-order valence-corrected chi connectivity index (χ2v) is 7.54. The summed E-state index contributed by atoms with van der Waals surface area (Å²) in [5, 5.41) is 18.8. The Morgan fingerprint density at radius 3 is 2.39 bits per heavy atom. The minimum atomic E-state index is -1.25. The van der Waals surface area contributed by atoms with Gasteiger partial charge in [-0.2, -0.15) is 5.10 Å². The molecule has 0 aliphatic heterocycles. The third-order valence-electron chi connectivity index (χ3n) is 4.57. The number of hydrogen-bond donors (Lipinski definition) is 3. The zero-order valence-electron chi connectivity index (χ0n) is 16.7. The highest BCUT2D eigenvalue weighted by molar-refractivity contribution is 6.01. The third-order valence-corrected chi connectivity index (χ3v) is 4.57. The molecule has 3 N–H and O–H groups in total. The summed E-state index contributed by atoms with van der Waals surface area (Å²) in [6.07, 6.45) is 2.83. The highest BCUT2D eigenvalue weighted by Gasteiger charge is 2.31. The molecular weight excluding hydrogens is 360 g/mol. The molecule has 8 nitrogen and oxygen atoms in total. The summed E-state index contributed by atoms with van der Waals surface area (Å²) in [5.41, 5.74) is 0.437. The summed E-state index contributed by atoms with van der Waals surface area (Å²) < 4.78 is 1.27. The molecule has 2 amide bonds. The molecule has 0 bridgehead atoms. The molecule has 0 aliphatic rings. The summed E-state index contributed by atoms with van der Waals surface area (Å²) in [5.74, 6) is -1.92. The van der Waals surface area contributed by atoms with Gasteiger partial charge in [-0.25, -0.2) is 4.79 Å². The lowest BCUT2D eigenvalue weighted by Crippen LogP contribution is -2.47. The van der Waals surface area contributed by atoms with Gasteiger partial charge in [0, 0.05) is 11.8 Å². The average molecular weight is 386 g/mol. The van der Waals surface area contributed by atoms with Crippen LogP contribution in [0.1, 0.15) is 43.6 Å². The number of rotatable bonds is 7. The van der Waals surface area contributed by atoms with E-state index < -0.39 is 23.5 Å². The molecule has 2 rings (SSSR count). The minimum Gasteiger partial charge on any atom is -0.479 e. The van der Waals surface area contributed by atoms with Crippen molar-refractivity contribution < 1.29 is 19.5 Å². The van der Waals surface area contributed by atoms with Gasteiger partial charge in [-0.3, -0.25) is 14.3 Å². The van der Waals surface area contributed by atoms with Crippen molar-refractivity contribution in [1.82, 2.24) is 15.1 Å². The molecule has 8 heteroatoms. The molecule has 1 unspecified atom stereocenters. The van der Waals surface area contributed by atoms with Crippen LogP contribution in [0, 0.1) is 12.8 Å². The molecule has 150 valence electrons. The smallest absolute Gasteiger partial charge is 0.331 e. The fourth-order valence-electron chi connectivity index (χ4n) is 2.59. The molecule has 0 spiro atoms. The molecule has 0 saturated heterocycles. The third kappa shape index (κ3) is 4.57. The number of carbonyl (C=O) groups excluding carboxylic acids is 2. The first-order chi connectivity index (χ1) is 13.0. The monoisotopic (exact) mass is 386 g/mol. The Morgan fingerprint density at radius 2 is 1.82 bits per heavy atom. The van der Waals surface area contributed by atoms with E-state index in [1.807, 2.05) is 32.9 Å². The minimum absolute atomic E-state index is 0.154. The van der Waals surface area contributed by atoms with E-state index in [1.54, 1.807) is 12.1 Å². The molecule has 1 aromatic carbocycles. The molecule has 0 radical (unpaired) electrons. The maximum Gasteiger partial charge on any atom is 0.331 e. The lowest BCUT2D eigenvalue weighted by atomic mass is 10.0. The topological polar surface area (TPSA) is 113 Å². The van der Waals surface area contributed by atoms with Gasteiger partial charge in [0.1, 0.15) is 6.04 Å². The van der Waals surface area contributed by atoms with Crippen LogP contribution in [-0.4, -0.2) is 38.7 Å². The van der Waals surface area contributed by atoms with Crippen molar-refractivity contribution in [1.29, 1.82) is 0 Å². The lowest BCUT2D eigenvalue weighted by Gasteiger charge is -2.22. The number of aliphatic carboxylic acids is 1. The van der Waals surface area contributed by atoms with Crippen molar-refractivity contribution >= 4 is 23.5 Å². The Bertz CT molecular complexity index is 886. The van der Waals surface area contributed by atoms with Crippen LogP contribution in [0.2, 0.25) is 0 Å². The SMILES string of the molecule is Cc1ccccc1C(=O)NC(C(=O)Nc1cnn(C(C)(C)C(=O)O)c1)C(C)C. The highest BCUT2D eigenvalue weighted by Crippen LogP contribution is 2.18. The van der Waals surface area contributed by atoms with Gasteiger partial charge < -0.3 is 15.7 Å². The molecule has 28 heavy (non-hydrogen) atoms. The Labute approximate surface area is 163 Å². The van der Waals surface area contributed by atoms with Crippen LogP contribution in [0.25, 0.3) is 0 Å².